The molecular formula is C12H20BiKO13. The van der Waals surface area contributed by atoms with Crippen molar-refractivity contribution in [1.29, 1.82) is 0 Å². The van der Waals surface area contributed by atoms with Gasteiger partial charge in [0, 0.05) is 0 Å². The summed E-state index contributed by atoms with van der Waals surface area (Å²) in [4.78, 5) is 41.0. The summed E-state index contributed by atoms with van der Waals surface area (Å²) >= 11 is 0. The van der Waals surface area contributed by atoms with Crippen LogP contribution in [0.3, 0.4) is 0 Å². The molecule has 0 aliphatic carbocycles. The molecule has 0 aromatic heterocycles. The van der Waals surface area contributed by atoms with Gasteiger partial charge in [0.1, 0.15) is 6.10 Å². The maximum absolute atomic E-state index is 10.5. The van der Waals surface area contributed by atoms with Gasteiger partial charge in [-0.2, -0.15) is 0 Å². The first-order valence-electron chi connectivity index (χ1n) is 6.37. The number of rotatable bonds is 7. The SMILES string of the molecule is O=C(O)CC(O)(CC(=O)O)C(=O)O.O=C1O[C@H](C(O)CO)C(O)=C1O.[BiH3].[KH]. The summed E-state index contributed by atoms with van der Waals surface area (Å²) in [5.74, 6) is -7.80. The molecule has 0 saturated carbocycles. The van der Waals surface area contributed by atoms with Crippen LogP contribution in [0, 0.1) is 0 Å². The zero-order valence-corrected chi connectivity index (χ0v) is 18.6. The van der Waals surface area contributed by atoms with Crippen molar-refractivity contribution in [3.05, 3.63) is 11.5 Å². The summed E-state index contributed by atoms with van der Waals surface area (Å²) in [5.41, 5.74) is -2.74. The third-order valence-corrected chi connectivity index (χ3v) is 2.76. The number of aliphatic hydroxyl groups is 5. The van der Waals surface area contributed by atoms with Crippen molar-refractivity contribution < 1.29 is 64.8 Å². The molecule has 1 heterocycles. The fourth-order valence-electron chi connectivity index (χ4n) is 1.54. The van der Waals surface area contributed by atoms with Gasteiger partial charge in [0.2, 0.25) is 5.76 Å². The molecule has 27 heavy (non-hydrogen) atoms. The number of hydrogen-bond donors (Lipinski definition) is 8. The quantitative estimate of drug-likeness (QED) is 0.0991. The van der Waals surface area contributed by atoms with Gasteiger partial charge in [-0.25, -0.2) is 9.59 Å². The van der Waals surface area contributed by atoms with E-state index in [-0.39, 0.29) is 77.6 Å². The molecule has 13 nitrogen and oxygen atoms in total. The summed E-state index contributed by atoms with van der Waals surface area (Å²) in [5, 5.41) is 68.9. The van der Waals surface area contributed by atoms with Gasteiger partial charge < -0.3 is 45.6 Å². The second kappa shape index (κ2) is 13.7. The van der Waals surface area contributed by atoms with E-state index in [4.69, 9.17) is 40.9 Å². The Hall–Kier alpha value is -0.381. The zero-order chi connectivity index (χ0) is 19.9. The first-order chi connectivity index (χ1) is 11.4. The summed E-state index contributed by atoms with van der Waals surface area (Å²) in [6.45, 7) is -0.671. The molecule has 1 aliphatic heterocycles. The number of carbonyl (C=O) groups excluding carboxylic acids is 1. The summed E-state index contributed by atoms with van der Waals surface area (Å²) in [7, 11) is 0. The average Bonchev–Trinajstić information content (AvgIpc) is 2.73. The monoisotopic (exact) mass is 620 g/mol. The van der Waals surface area contributed by atoms with Crippen LogP contribution in [0.5, 0.6) is 0 Å². The zero-order valence-electron chi connectivity index (χ0n) is 13.1. The Morgan fingerprint density at radius 3 is 1.70 bits per heavy atom. The van der Waals surface area contributed by atoms with Crippen LogP contribution in [-0.2, 0) is 23.9 Å². The summed E-state index contributed by atoms with van der Waals surface area (Å²) in [6.07, 6.45) is -5.07. The van der Waals surface area contributed by atoms with Gasteiger partial charge in [0.05, 0.1) is 19.4 Å². The molecule has 1 unspecified atom stereocenters. The fraction of sp³-hybridized carbons (Fsp3) is 0.500. The number of carbonyl (C=O) groups is 4. The van der Waals surface area contributed by atoms with E-state index < -0.39 is 72.7 Å². The van der Waals surface area contributed by atoms with Gasteiger partial charge in [0.25, 0.3) is 0 Å². The fourth-order valence-corrected chi connectivity index (χ4v) is 1.54. The van der Waals surface area contributed by atoms with Gasteiger partial charge in [0.15, 0.2) is 17.5 Å². The first kappa shape index (κ1) is 31.3. The van der Waals surface area contributed by atoms with E-state index in [0.717, 1.165) is 0 Å². The van der Waals surface area contributed by atoms with Crippen molar-refractivity contribution in [3.63, 3.8) is 0 Å². The van der Waals surface area contributed by atoms with Gasteiger partial charge in [-0.3, -0.25) is 9.59 Å². The molecule has 0 spiro atoms. The Morgan fingerprint density at radius 1 is 1.07 bits per heavy atom. The van der Waals surface area contributed by atoms with E-state index in [1.165, 1.54) is 0 Å². The van der Waals surface area contributed by atoms with Gasteiger partial charge >= 0.3 is 101 Å². The Bertz CT molecular complexity index is 574. The second-order valence-corrected chi connectivity index (χ2v) is 4.79. The van der Waals surface area contributed by atoms with E-state index in [0.29, 0.717) is 0 Å². The minimum absolute atomic E-state index is 0. The molecule has 0 amide bonds. The van der Waals surface area contributed by atoms with E-state index in [1.807, 2.05) is 0 Å². The second-order valence-electron chi connectivity index (χ2n) is 4.79. The molecule has 2 atom stereocenters. The molecule has 8 N–H and O–H groups in total. The Balaban J connectivity index is -0.000000398. The maximum atomic E-state index is 10.5. The van der Waals surface area contributed by atoms with E-state index in [1.54, 1.807) is 0 Å². The van der Waals surface area contributed by atoms with Crippen LogP contribution in [0.4, 0.5) is 0 Å². The van der Waals surface area contributed by atoms with Crippen LogP contribution in [0.15, 0.2) is 11.5 Å². The molecule has 0 bridgehead atoms. The summed E-state index contributed by atoms with van der Waals surface area (Å²) in [6, 6.07) is 0. The predicted molar refractivity (Wildman–Crippen MR) is 89.4 cm³/mol. The van der Waals surface area contributed by atoms with Crippen LogP contribution >= 0.6 is 0 Å². The average molecular weight is 620 g/mol. The number of aliphatic carboxylic acids is 3. The molecule has 1 rings (SSSR count). The number of carboxylic acid groups (broad SMARTS) is 3. The van der Waals surface area contributed by atoms with Gasteiger partial charge in [-0.1, -0.05) is 0 Å². The Labute approximate surface area is 212 Å². The normalized spacial score (nSPS) is 16.7. The Kier molecular flexibility index (Phi) is 15.9. The molecule has 0 aromatic rings. The van der Waals surface area contributed by atoms with Crippen LogP contribution in [0.2, 0.25) is 0 Å². The van der Waals surface area contributed by atoms with Crippen molar-refractivity contribution in [2.75, 3.05) is 6.61 Å². The van der Waals surface area contributed by atoms with E-state index in [9.17, 15) is 19.2 Å². The summed E-state index contributed by atoms with van der Waals surface area (Å²) < 4.78 is 4.32. The molecule has 0 aromatic carbocycles. The molecule has 0 saturated heterocycles. The topological polar surface area (TPSA) is 239 Å². The van der Waals surface area contributed by atoms with Crippen molar-refractivity contribution in [3.8, 4) is 0 Å². The number of hydrogen-bond acceptors (Lipinski definition) is 10. The van der Waals surface area contributed by atoms with Crippen molar-refractivity contribution in [2.45, 2.75) is 30.7 Å². The predicted octanol–water partition coefficient (Wildman–Crippen LogP) is -4.49. The van der Waals surface area contributed by atoms with Crippen LogP contribution in [0.1, 0.15) is 12.8 Å². The van der Waals surface area contributed by atoms with Crippen molar-refractivity contribution >= 4 is 101 Å². The van der Waals surface area contributed by atoms with Crippen molar-refractivity contribution in [1.82, 2.24) is 0 Å². The number of cyclic esters (lactones) is 1. The third kappa shape index (κ3) is 10.1. The van der Waals surface area contributed by atoms with Crippen molar-refractivity contribution in [2.24, 2.45) is 0 Å². The van der Waals surface area contributed by atoms with Gasteiger partial charge in [-0.15, -0.1) is 0 Å². The van der Waals surface area contributed by atoms with E-state index >= 15 is 0 Å². The van der Waals surface area contributed by atoms with Crippen LogP contribution < -0.4 is 0 Å². The molecule has 1 aliphatic rings. The molecule has 0 radical (unpaired) electrons. The number of ether oxygens (including phenoxy) is 1. The van der Waals surface area contributed by atoms with Crippen LogP contribution in [0.25, 0.3) is 0 Å². The third-order valence-electron chi connectivity index (χ3n) is 2.76. The molecule has 0 fully saturated rings. The number of esters is 1. The molecular weight excluding hydrogens is 600 g/mol. The number of carboxylic acids is 3. The van der Waals surface area contributed by atoms with E-state index in [2.05, 4.69) is 4.74 Å². The van der Waals surface area contributed by atoms with Crippen LogP contribution in [-0.4, -0.2) is 167 Å². The number of aliphatic hydroxyl groups excluding tert-OH is 4. The minimum atomic E-state index is -2.74. The van der Waals surface area contributed by atoms with Gasteiger partial charge in [-0.05, 0) is 0 Å². The molecule has 152 valence electrons. The first-order valence-corrected chi connectivity index (χ1v) is 6.37. The Morgan fingerprint density at radius 2 is 1.48 bits per heavy atom. The standard InChI is InChI=1S/C6H8O7.C6H8O6.Bi.K.4H/c7-3(8)1-6(13,5(11)12)2-4(9)10;7-1-2(8)5-3(9)4(10)6(11)12-5;;;;;;/h13H,1-2H2,(H,7,8)(H,9,10)(H,11,12);2,5,7-10H,1H2;;;;;;/t;2?,5-;;;;;;/m.1....../s1. The molecule has 15 heteroatoms.